The summed E-state index contributed by atoms with van der Waals surface area (Å²) in [4.78, 5) is 70.4. The van der Waals surface area contributed by atoms with E-state index in [0.29, 0.717) is 23.1 Å². The van der Waals surface area contributed by atoms with Crippen LogP contribution in [0.3, 0.4) is 0 Å². The van der Waals surface area contributed by atoms with Crippen molar-refractivity contribution in [3.05, 3.63) is 58.4 Å². The molecule has 3 rings (SSSR count). The minimum Gasteiger partial charge on any atom is -0.480 e. The summed E-state index contributed by atoms with van der Waals surface area (Å²) in [7, 11) is 0. The van der Waals surface area contributed by atoms with E-state index >= 15 is 0 Å². The largest absolute Gasteiger partial charge is 0.480 e. The lowest BCUT2D eigenvalue weighted by Crippen LogP contribution is -2.41. The number of fused-ring (bicyclic) bond motifs is 1. The number of carbonyl (C=O) groups is 4. The number of nitrogens with zero attached hydrogens (tertiary/aromatic N) is 4. The third-order valence-corrected chi connectivity index (χ3v) is 8.32. The summed E-state index contributed by atoms with van der Waals surface area (Å²) in [6.45, 7) is 2.71. The first-order chi connectivity index (χ1) is 24.1. The number of nitrogens with one attached hydrogen (secondary N) is 1. The standard InChI is InChI=1S/C33H43N5O12S/c1-21(2)14-31(51(48)49)50-26-7-4-3-6-23(26)32-34-25-9-8-22(15-24(25)33(47)35-32)16-38(20-30(45)46)13-12-36(17-27(39)40)10-5-11-37(18-28(41)42)19-29(43)44/h3-4,6-9,15,21,31H,5,10-14,16-20H2,1-2H3,(H,39,40)(H,41,42)(H,43,44)(H,45,46)(H,48,49)(H,34,35,47)/t31-/m1/s1. The van der Waals surface area contributed by atoms with Crippen molar-refractivity contribution >= 4 is 45.9 Å². The highest BCUT2D eigenvalue weighted by molar-refractivity contribution is 7.79. The van der Waals surface area contributed by atoms with E-state index < -0.39 is 59.0 Å². The van der Waals surface area contributed by atoms with Gasteiger partial charge in [-0.25, -0.2) is 9.19 Å². The summed E-state index contributed by atoms with van der Waals surface area (Å²) in [5, 5.41) is 37.3. The first kappa shape index (κ1) is 40.7. The van der Waals surface area contributed by atoms with Crippen molar-refractivity contribution in [3.63, 3.8) is 0 Å². The van der Waals surface area contributed by atoms with Gasteiger partial charge in [0.2, 0.25) is 0 Å². The smallest absolute Gasteiger partial charge is 0.317 e. The molecular formula is C33H43N5O12S. The monoisotopic (exact) mass is 733 g/mol. The first-order valence-corrected chi connectivity index (χ1v) is 17.2. The maximum absolute atomic E-state index is 13.3. The molecule has 2 atom stereocenters. The SMILES string of the molecule is CC(C)C[C@H](Oc1ccccc1-c1nc2ccc(CN(CCN(CCCN(CC(=O)O)CC(=O)O)CC(=O)O)CC(=O)O)cc2c(=O)[nH]1)S(=O)O. The summed E-state index contributed by atoms with van der Waals surface area (Å²) < 4.78 is 27.6. The predicted octanol–water partition coefficient (Wildman–Crippen LogP) is 1.70. The second kappa shape index (κ2) is 19.6. The maximum atomic E-state index is 13.3. The van der Waals surface area contributed by atoms with Crippen molar-refractivity contribution < 1.29 is 53.1 Å². The van der Waals surface area contributed by atoms with Crippen molar-refractivity contribution in [2.75, 3.05) is 52.4 Å². The second-order valence-corrected chi connectivity index (χ2v) is 13.4. The average molecular weight is 734 g/mol. The highest BCUT2D eigenvalue weighted by atomic mass is 32.2. The van der Waals surface area contributed by atoms with Crippen molar-refractivity contribution in [2.45, 2.75) is 38.7 Å². The Hall–Kier alpha value is -4.75. The van der Waals surface area contributed by atoms with Crippen molar-refractivity contribution in [3.8, 4) is 17.1 Å². The van der Waals surface area contributed by atoms with Gasteiger partial charge in [-0.1, -0.05) is 32.0 Å². The summed E-state index contributed by atoms with van der Waals surface area (Å²) in [6.07, 6.45) is 0.589. The molecule has 0 saturated heterocycles. The number of benzene rings is 2. The van der Waals surface area contributed by atoms with E-state index in [1.165, 1.54) is 4.90 Å². The topological polar surface area (TPSA) is 251 Å². The van der Waals surface area contributed by atoms with Gasteiger partial charge >= 0.3 is 23.9 Å². The Morgan fingerprint density at radius 1 is 0.824 bits per heavy atom. The highest BCUT2D eigenvalue weighted by Crippen LogP contribution is 2.30. The van der Waals surface area contributed by atoms with Crippen LogP contribution in [0.25, 0.3) is 22.3 Å². The van der Waals surface area contributed by atoms with Gasteiger partial charge < -0.3 is 34.7 Å². The number of para-hydroxylation sites is 1. The Morgan fingerprint density at radius 3 is 2.00 bits per heavy atom. The molecule has 0 aliphatic heterocycles. The Morgan fingerprint density at radius 2 is 1.39 bits per heavy atom. The molecule has 6 N–H and O–H groups in total. The van der Waals surface area contributed by atoms with Gasteiger partial charge in [-0.15, -0.1) is 0 Å². The number of aliphatic carboxylic acids is 4. The number of aromatic nitrogens is 2. The summed E-state index contributed by atoms with van der Waals surface area (Å²) in [5.41, 5.74) is -0.127. The predicted molar refractivity (Wildman–Crippen MR) is 186 cm³/mol. The average Bonchev–Trinajstić information content (AvgIpc) is 3.02. The van der Waals surface area contributed by atoms with Crippen molar-refractivity contribution in [2.24, 2.45) is 5.92 Å². The molecular weight excluding hydrogens is 690 g/mol. The van der Waals surface area contributed by atoms with E-state index in [-0.39, 0.29) is 75.1 Å². The molecule has 0 amide bonds. The molecule has 1 unspecified atom stereocenters. The van der Waals surface area contributed by atoms with Crippen LogP contribution >= 0.6 is 0 Å². The van der Waals surface area contributed by atoms with Crippen LogP contribution in [0.15, 0.2) is 47.3 Å². The molecule has 0 bridgehead atoms. The molecule has 2 aromatic carbocycles. The minimum atomic E-state index is -2.26. The normalized spacial score (nSPS) is 12.8. The quantitative estimate of drug-likeness (QED) is 0.0759. The zero-order valence-corrected chi connectivity index (χ0v) is 29.1. The highest BCUT2D eigenvalue weighted by Gasteiger charge is 2.22. The van der Waals surface area contributed by atoms with Crippen LogP contribution in [0, 0.1) is 5.92 Å². The lowest BCUT2D eigenvalue weighted by molar-refractivity contribution is -0.142. The first-order valence-electron chi connectivity index (χ1n) is 16.0. The molecule has 0 aliphatic carbocycles. The fourth-order valence-electron chi connectivity index (χ4n) is 5.40. The van der Waals surface area contributed by atoms with Gasteiger partial charge in [0, 0.05) is 39.1 Å². The molecule has 3 aromatic rings. The Balaban J connectivity index is 1.78. The second-order valence-electron chi connectivity index (χ2n) is 12.3. The van der Waals surface area contributed by atoms with E-state index in [9.17, 15) is 42.9 Å². The van der Waals surface area contributed by atoms with Crippen LogP contribution in [0.4, 0.5) is 0 Å². The number of rotatable bonds is 23. The Labute approximate surface area is 295 Å². The van der Waals surface area contributed by atoms with Gasteiger partial charge in [-0.05, 0) is 42.2 Å². The molecule has 0 aliphatic rings. The molecule has 0 fully saturated rings. The van der Waals surface area contributed by atoms with Gasteiger partial charge in [-0.3, -0.25) is 38.7 Å². The van der Waals surface area contributed by atoms with Crippen LogP contribution in [0.5, 0.6) is 5.75 Å². The molecule has 1 aromatic heterocycles. The lowest BCUT2D eigenvalue weighted by Gasteiger charge is -2.27. The molecule has 17 nitrogen and oxygen atoms in total. The Bertz CT molecular complexity index is 1750. The van der Waals surface area contributed by atoms with Gasteiger partial charge in [-0.2, -0.15) is 0 Å². The zero-order valence-electron chi connectivity index (χ0n) is 28.3. The van der Waals surface area contributed by atoms with Crippen LogP contribution < -0.4 is 10.3 Å². The molecule has 0 radical (unpaired) electrons. The number of carboxylic acid groups (broad SMARTS) is 4. The van der Waals surface area contributed by atoms with Gasteiger partial charge in [0.05, 0.1) is 42.6 Å². The Kier molecular flexibility index (Phi) is 15.6. The molecule has 0 saturated carbocycles. The summed E-state index contributed by atoms with van der Waals surface area (Å²) in [5.74, 6) is -4.10. The van der Waals surface area contributed by atoms with E-state index in [4.69, 9.17) is 14.9 Å². The lowest BCUT2D eigenvalue weighted by atomic mass is 10.1. The van der Waals surface area contributed by atoms with Crippen LogP contribution in [-0.2, 0) is 36.8 Å². The van der Waals surface area contributed by atoms with E-state index in [1.54, 1.807) is 52.3 Å². The van der Waals surface area contributed by atoms with Crippen LogP contribution in [0.1, 0.15) is 32.3 Å². The maximum Gasteiger partial charge on any atom is 0.317 e. The third kappa shape index (κ3) is 13.8. The third-order valence-electron chi connectivity index (χ3n) is 7.58. The summed E-state index contributed by atoms with van der Waals surface area (Å²) in [6, 6.07) is 11.6. The molecule has 278 valence electrons. The number of hydrogen-bond acceptors (Lipinski definition) is 11. The van der Waals surface area contributed by atoms with Crippen LogP contribution in [0.2, 0.25) is 0 Å². The van der Waals surface area contributed by atoms with Crippen molar-refractivity contribution in [1.29, 1.82) is 0 Å². The van der Waals surface area contributed by atoms with Gasteiger partial charge in [0.1, 0.15) is 11.6 Å². The fourth-order valence-corrected chi connectivity index (χ4v) is 6.13. The molecule has 0 spiro atoms. The van der Waals surface area contributed by atoms with Gasteiger partial charge in [0.25, 0.3) is 5.56 Å². The van der Waals surface area contributed by atoms with E-state index in [0.717, 1.165) is 0 Å². The van der Waals surface area contributed by atoms with E-state index in [2.05, 4.69) is 9.97 Å². The van der Waals surface area contributed by atoms with Gasteiger partial charge in [0.15, 0.2) is 16.5 Å². The number of H-pyrrole nitrogens is 1. The summed E-state index contributed by atoms with van der Waals surface area (Å²) >= 11 is -2.26. The number of ether oxygens (including phenoxy) is 1. The number of carboxylic acids is 4. The molecule has 18 heteroatoms. The molecule has 51 heavy (non-hydrogen) atoms. The number of hydrogen-bond donors (Lipinski definition) is 6. The van der Waals surface area contributed by atoms with E-state index in [1.807, 2.05) is 13.8 Å². The minimum absolute atomic E-state index is 0.0846. The fraction of sp³-hybridized carbons (Fsp3) is 0.455. The number of aromatic amines is 1. The molecule has 1 heterocycles. The van der Waals surface area contributed by atoms with Crippen molar-refractivity contribution in [1.82, 2.24) is 24.7 Å². The zero-order chi connectivity index (χ0) is 37.7. The van der Waals surface area contributed by atoms with Crippen LogP contribution in [-0.4, -0.2) is 136 Å².